The molecule has 0 fully saturated rings. The van der Waals surface area contributed by atoms with Crippen molar-refractivity contribution in [2.75, 3.05) is 5.32 Å². The highest BCUT2D eigenvalue weighted by Crippen LogP contribution is 2.29. The quantitative estimate of drug-likeness (QED) is 0.701. The van der Waals surface area contributed by atoms with Gasteiger partial charge in [-0.1, -0.05) is 23.5 Å². The zero-order chi connectivity index (χ0) is 13.4. The first kappa shape index (κ1) is 12.0. The molecule has 6 heteroatoms. The van der Waals surface area contributed by atoms with Gasteiger partial charge in [-0.15, -0.1) is 0 Å². The lowest BCUT2D eigenvalue weighted by atomic mass is 10.3. The van der Waals surface area contributed by atoms with Crippen LogP contribution in [0.25, 0.3) is 10.2 Å². The summed E-state index contributed by atoms with van der Waals surface area (Å²) in [6.45, 7) is 0. The zero-order valence-corrected chi connectivity index (χ0v) is 10.3. The van der Waals surface area contributed by atoms with E-state index in [0.29, 0.717) is 11.2 Å². The highest BCUT2D eigenvalue weighted by molar-refractivity contribution is 7.22. The molecule has 2 nitrogen and oxygen atoms in total. The molecule has 1 heterocycles. The number of halogens is 3. The Kier molecular flexibility index (Phi) is 2.87. The number of hydrogen-bond acceptors (Lipinski definition) is 3. The normalized spacial score (nSPS) is 10.9. The fraction of sp³-hybridized carbons (Fsp3) is 0. The van der Waals surface area contributed by atoms with Crippen LogP contribution in [0.4, 0.5) is 24.0 Å². The van der Waals surface area contributed by atoms with Gasteiger partial charge in [0.1, 0.15) is 5.82 Å². The summed E-state index contributed by atoms with van der Waals surface area (Å²) in [6, 6.07) is 8.74. The van der Waals surface area contributed by atoms with Gasteiger partial charge in [-0.25, -0.2) is 18.2 Å². The van der Waals surface area contributed by atoms with E-state index in [1.807, 2.05) is 18.2 Å². The van der Waals surface area contributed by atoms with Gasteiger partial charge in [-0.05, 0) is 12.1 Å². The van der Waals surface area contributed by atoms with Crippen molar-refractivity contribution in [1.29, 1.82) is 0 Å². The van der Waals surface area contributed by atoms with Crippen LogP contribution in [-0.2, 0) is 0 Å². The van der Waals surface area contributed by atoms with E-state index in [1.165, 1.54) is 11.3 Å². The molecule has 0 unspecified atom stereocenters. The average molecular weight is 280 g/mol. The molecule has 0 spiro atoms. The third-order valence-corrected chi connectivity index (χ3v) is 3.48. The number of rotatable bonds is 2. The first-order valence-electron chi connectivity index (χ1n) is 5.40. The van der Waals surface area contributed by atoms with Crippen molar-refractivity contribution in [3.63, 3.8) is 0 Å². The Hall–Kier alpha value is -2.08. The summed E-state index contributed by atoms with van der Waals surface area (Å²) in [7, 11) is 0. The topological polar surface area (TPSA) is 24.9 Å². The van der Waals surface area contributed by atoms with Crippen molar-refractivity contribution in [2.45, 2.75) is 0 Å². The van der Waals surface area contributed by atoms with Crippen LogP contribution in [0.3, 0.4) is 0 Å². The molecule has 2 aromatic carbocycles. The predicted molar refractivity (Wildman–Crippen MR) is 69.2 cm³/mol. The molecule has 0 atom stereocenters. The van der Waals surface area contributed by atoms with Gasteiger partial charge in [0.15, 0.2) is 16.8 Å². The molecule has 0 aliphatic rings. The first-order valence-corrected chi connectivity index (χ1v) is 6.22. The summed E-state index contributed by atoms with van der Waals surface area (Å²) >= 11 is 1.28. The number of para-hydroxylation sites is 1. The van der Waals surface area contributed by atoms with E-state index in [1.54, 1.807) is 6.07 Å². The minimum absolute atomic E-state index is 0.267. The van der Waals surface area contributed by atoms with Crippen LogP contribution in [-0.4, -0.2) is 4.98 Å². The van der Waals surface area contributed by atoms with E-state index in [0.717, 1.165) is 16.3 Å². The Bertz CT molecular complexity index is 722. The number of benzene rings is 2. The van der Waals surface area contributed by atoms with Crippen molar-refractivity contribution in [3.05, 3.63) is 53.8 Å². The summed E-state index contributed by atoms with van der Waals surface area (Å²) in [4.78, 5) is 4.20. The lowest BCUT2D eigenvalue weighted by Gasteiger charge is -2.04. The number of hydrogen-bond donors (Lipinski definition) is 1. The highest BCUT2D eigenvalue weighted by atomic mass is 32.1. The first-order chi connectivity index (χ1) is 9.13. The summed E-state index contributed by atoms with van der Waals surface area (Å²) in [5.74, 6) is -3.20. The maximum atomic E-state index is 13.5. The second-order valence-electron chi connectivity index (χ2n) is 3.86. The number of anilines is 2. The van der Waals surface area contributed by atoms with Gasteiger partial charge >= 0.3 is 0 Å². The minimum atomic E-state index is -1.23. The number of aromatic nitrogens is 1. The second-order valence-corrected chi connectivity index (χ2v) is 4.89. The van der Waals surface area contributed by atoms with Crippen LogP contribution in [0.5, 0.6) is 0 Å². The Balaban J connectivity index is 2.01. The smallest absolute Gasteiger partial charge is 0.188 e. The van der Waals surface area contributed by atoms with Crippen molar-refractivity contribution < 1.29 is 13.2 Å². The maximum Gasteiger partial charge on any atom is 0.188 e. The third kappa shape index (κ3) is 2.26. The fourth-order valence-electron chi connectivity index (χ4n) is 1.69. The highest BCUT2D eigenvalue weighted by Gasteiger charge is 2.12. The summed E-state index contributed by atoms with van der Waals surface area (Å²) < 4.78 is 40.5. The number of fused-ring (bicyclic) bond motifs is 1. The molecule has 0 aliphatic heterocycles. The van der Waals surface area contributed by atoms with Gasteiger partial charge in [-0.3, -0.25) is 0 Å². The van der Waals surface area contributed by atoms with Crippen molar-refractivity contribution >= 4 is 32.4 Å². The van der Waals surface area contributed by atoms with Crippen molar-refractivity contribution in [2.24, 2.45) is 0 Å². The Labute approximate surface area is 110 Å². The van der Waals surface area contributed by atoms with E-state index in [4.69, 9.17) is 0 Å². The molecule has 1 N–H and O–H groups in total. The Morgan fingerprint density at radius 3 is 2.63 bits per heavy atom. The zero-order valence-electron chi connectivity index (χ0n) is 9.45. The standard InChI is InChI=1S/C13H7F3N2S/c14-7-5-8(15)12(16)10(6-7)18-13-17-9-3-1-2-4-11(9)19-13/h1-6H,(H,17,18). The second kappa shape index (κ2) is 4.55. The fourth-order valence-corrected chi connectivity index (χ4v) is 2.57. The molecule has 0 bridgehead atoms. The van der Waals surface area contributed by atoms with E-state index in [9.17, 15) is 13.2 Å². The van der Waals surface area contributed by atoms with Crippen LogP contribution in [0, 0.1) is 17.5 Å². The lowest BCUT2D eigenvalue weighted by Crippen LogP contribution is -1.97. The Morgan fingerprint density at radius 2 is 1.84 bits per heavy atom. The van der Waals surface area contributed by atoms with Crippen molar-refractivity contribution in [3.8, 4) is 0 Å². The summed E-state index contributed by atoms with van der Waals surface area (Å²) in [5.41, 5.74) is 0.476. The van der Waals surface area contributed by atoms with Gasteiger partial charge in [0, 0.05) is 12.1 Å². The molecule has 0 amide bonds. The van der Waals surface area contributed by atoms with Crippen LogP contribution in [0.1, 0.15) is 0 Å². The lowest BCUT2D eigenvalue weighted by molar-refractivity contribution is 0.498. The van der Waals surface area contributed by atoms with E-state index in [2.05, 4.69) is 10.3 Å². The van der Waals surface area contributed by atoms with Gasteiger partial charge in [0.2, 0.25) is 0 Å². The van der Waals surface area contributed by atoms with Gasteiger partial charge < -0.3 is 5.32 Å². The van der Waals surface area contributed by atoms with E-state index < -0.39 is 17.5 Å². The molecule has 96 valence electrons. The molecule has 0 aliphatic carbocycles. The summed E-state index contributed by atoms with van der Waals surface area (Å²) in [5, 5.41) is 2.98. The monoisotopic (exact) mass is 280 g/mol. The molecule has 19 heavy (non-hydrogen) atoms. The van der Waals surface area contributed by atoms with Crippen LogP contribution >= 0.6 is 11.3 Å². The van der Waals surface area contributed by atoms with E-state index >= 15 is 0 Å². The Morgan fingerprint density at radius 1 is 1.05 bits per heavy atom. The SMILES string of the molecule is Fc1cc(F)c(F)c(Nc2nc3ccccc3s2)c1. The molecular weight excluding hydrogens is 273 g/mol. The minimum Gasteiger partial charge on any atom is -0.329 e. The molecular formula is C13H7F3N2S. The molecule has 3 aromatic rings. The molecule has 3 rings (SSSR count). The van der Waals surface area contributed by atoms with Crippen LogP contribution in [0.2, 0.25) is 0 Å². The summed E-state index contributed by atoms with van der Waals surface area (Å²) in [6.07, 6.45) is 0. The number of nitrogens with zero attached hydrogens (tertiary/aromatic N) is 1. The van der Waals surface area contributed by atoms with Gasteiger partial charge in [-0.2, -0.15) is 0 Å². The predicted octanol–water partition coefficient (Wildman–Crippen LogP) is 4.46. The molecule has 0 saturated heterocycles. The van der Waals surface area contributed by atoms with Crippen molar-refractivity contribution in [1.82, 2.24) is 4.98 Å². The molecule has 1 aromatic heterocycles. The maximum absolute atomic E-state index is 13.5. The largest absolute Gasteiger partial charge is 0.329 e. The third-order valence-electron chi connectivity index (χ3n) is 2.53. The number of nitrogens with one attached hydrogen (secondary N) is 1. The van der Waals surface area contributed by atoms with Crippen LogP contribution < -0.4 is 5.32 Å². The van der Waals surface area contributed by atoms with Crippen LogP contribution in [0.15, 0.2) is 36.4 Å². The molecule has 0 radical (unpaired) electrons. The average Bonchev–Trinajstić information content (AvgIpc) is 2.77. The number of thiazole rings is 1. The van der Waals surface area contributed by atoms with E-state index in [-0.39, 0.29) is 5.69 Å². The van der Waals surface area contributed by atoms with Gasteiger partial charge in [0.05, 0.1) is 15.9 Å². The van der Waals surface area contributed by atoms with Gasteiger partial charge in [0.25, 0.3) is 0 Å². The molecule has 0 saturated carbocycles.